The lowest BCUT2D eigenvalue weighted by molar-refractivity contribution is 0.252. The van der Waals surface area contributed by atoms with Crippen molar-refractivity contribution in [3.8, 4) is 5.75 Å². The summed E-state index contributed by atoms with van der Waals surface area (Å²) in [6.45, 7) is 5.12. The van der Waals surface area contributed by atoms with Crippen LogP contribution in [0.15, 0.2) is 18.2 Å². The van der Waals surface area contributed by atoms with Crippen LogP contribution in [-0.4, -0.2) is 67.3 Å². The number of likely N-dealkylation sites (N-methyl/N-ethyl adjacent to an activating group) is 1. The van der Waals surface area contributed by atoms with Gasteiger partial charge in [0.1, 0.15) is 5.75 Å². The molecule has 1 aliphatic rings. The van der Waals surface area contributed by atoms with Gasteiger partial charge < -0.3 is 24.6 Å². The van der Waals surface area contributed by atoms with Crippen LogP contribution in [-0.2, 0) is 6.54 Å². The predicted molar refractivity (Wildman–Crippen MR) is 84.8 cm³/mol. The standard InChI is InChI=1S/C15H25BN2O3/c1-17(9-10-18-7-3-4-8-18)12-13-11-14(21-2)5-6-15(13)16(19)20/h5-6,11,19-20H,3-4,7-10,12H2,1-2H3. The van der Waals surface area contributed by atoms with Gasteiger partial charge >= 0.3 is 7.12 Å². The SMILES string of the molecule is COc1ccc(B(O)O)c(CN(C)CCN2CCCC2)c1. The second-order valence-corrected chi connectivity index (χ2v) is 5.72. The number of likely N-dealkylation sites (tertiary alicyclic amines) is 1. The Labute approximate surface area is 127 Å². The molecule has 0 amide bonds. The molecular formula is C15H25BN2O3. The molecule has 116 valence electrons. The highest BCUT2D eigenvalue weighted by molar-refractivity contribution is 6.59. The van der Waals surface area contributed by atoms with Crippen LogP contribution in [0.2, 0.25) is 0 Å². The first kappa shape index (κ1) is 16.3. The van der Waals surface area contributed by atoms with Gasteiger partial charge in [0.2, 0.25) is 0 Å². The third-order valence-electron chi connectivity index (χ3n) is 4.07. The Morgan fingerprint density at radius 2 is 2.00 bits per heavy atom. The molecule has 2 rings (SSSR count). The van der Waals surface area contributed by atoms with E-state index in [9.17, 15) is 10.0 Å². The smallest absolute Gasteiger partial charge is 0.488 e. The van der Waals surface area contributed by atoms with Crippen LogP contribution < -0.4 is 10.2 Å². The average molecular weight is 292 g/mol. The van der Waals surface area contributed by atoms with Gasteiger partial charge in [0.15, 0.2) is 0 Å². The van der Waals surface area contributed by atoms with Gasteiger partial charge in [-0.1, -0.05) is 6.07 Å². The Morgan fingerprint density at radius 3 is 2.62 bits per heavy atom. The molecule has 1 aromatic rings. The molecule has 6 heteroatoms. The van der Waals surface area contributed by atoms with Gasteiger partial charge in [-0.05, 0) is 56.1 Å². The topological polar surface area (TPSA) is 56.2 Å². The summed E-state index contributed by atoms with van der Waals surface area (Å²) in [5, 5.41) is 18.9. The minimum absolute atomic E-state index is 0.545. The second-order valence-electron chi connectivity index (χ2n) is 5.72. The van der Waals surface area contributed by atoms with Crippen molar-refractivity contribution in [1.82, 2.24) is 9.80 Å². The van der Waals surface area contributed by atoms with E-state index in [0.29, 0.717) is 12.0 Å². The number of nitrogens with zero attached hydrogens (tertiary/aromatic N) is 2. The zero-order chi connectivity index (χ0) is 15.2. The summed E-state index contributed by atoms with van der Waals surface area (Å²) in [6, 6.07) is 5.34. The van der Waals surface area contributed by atoms with E-state index in [4.69, 9.17) is 4.74 Å². The lowest BCUT2D eigenvalue weighted by Gasteiger charge is -2.22. The van der Waals surface area contributed by atoms with Crippen molar-refractivity contribution in [2.45, 2.75) is 19.4 Å². The molecule has 1 saturated heterocycles. The molecule has 0 unspecified atom stereocenters. The predicted octanol–water partition coefficient (Wildman–Crippen LogP) is -0.0974. The highest BCUT2D eigenvalue weighted by Crippen LogP contribution is 2.13. The van der Waals surface area contributed by atoms with Crippen molar-refractivity contribution >= 4 is 12.6 Å². The molecule has 0 aliphatic carbocycles. The zero-order valence-electron chi connectivity index (χ0n) is 13.0. The Bertz CT molecular complexity index is 451. The molecule has 5 nitrogen and oxygen atoms in total. The van der Waals surface area contributed by atoms with Crippen LogP contribution in [0.1, 0.15) is 18.4 Å². The molecule has 0 atom stereocenters. The highest BCUT2D eigenvalue weighted by Gasteiger charge is 2.18. The summed E-state index contributed by atoms with van der Waals surface area (Å²) >= 11 is 0. The van der Waals surface area contributed by atoms with Crippen molar-refractivity contribution in [3.05, 3.63) is 23.8 Å². The molecule has 0 aromatic heterocycles. The van der Waals surface area contributed by atoms with Gasteiger partial charge in [-0.15, -0.1) is 0 Å². The zero-order valence-corrected chi connectivity index (χ0v) is 13.0. The first-order valence-electron chi connectivity index (χ1n) is 7.54. The molecule has 0 radical (unpaired) electrons. The van der Waals surface area contributed by atoms with Gasteiger partial charge in [-0.25, -0.2) is 0 Å². The molecule has 1 aliphatic heterocycles. The van der Waals surface area contributed by atoms with Crippen molar-refractivity contribution in [2.75, 3.05) is 40.3 Å². The van der Waals surface area contributed by atoms with Gasteiger partial charge in [0.05, 0.1) is 7.11 Å². The number of rotatable bonds is 7. The fourth-order valence-corrected chi connectivity index (χ4v) is 2.79. The van der Waals surface area contributed by atoms with E-state index >= 15 is 0 Å². The Hall–Kier alpha value is -1.08. The molecular weight excluding hydrogens is 267 g/mol. The first-order valence-corrected chi connectivity index (χ1v) is 7.54. The maximum absolute atomic E-state index is 9.47. The third-order valence-corrected chi connectivity index (χ3v) is 4.07. The fraction of sp³-hybridized carbons (Fsp3) is 0.600. The van der Waals surface area contributed by atoms with E-state index < -0.39 is 7.12 Å². The van der Waals surface area contributed by atoms with Crippen molar-refractivity contribution in [3.63, 3.8) is 0 Å². The van der Waals surface area contributed by atoms with Crippen molar-refractivity contribution in [2.24, 2.45) is 0 Å². The summed E-state index contributed by atoms with van der Waals surface area (Å²) < 4.78 is 5.22. The number of ether oxygens (including phenoxy) is 1. The lowest BCUT2D eigenvalue weighted by atomic mass is 9.77. The lowest BCUT2D eigenvalue weighted by Crippen LogP contribution is -2.37. The van der Waals surface area contributed by atoms with Gasteiger partial charge in [0.25, 0.3) is 0 Å². The van der Waals surface area contributed by atoms with Crippen LogP contribution >= 0.6 is 0 Å². The fourth-order valence-electron chi connectivity index (χ4n) is 2.79. The van der Waals surface area contributed by atoms with Crippen molar-refractivity contribution < 1.29 is 14.8 Å². The second kappa shape index (κ2) is 7.80. The van der Waals surface area contributed by atoms with E-state index in [1.807, 2.05) is 6.07 Å². The minimum atomic E-state index is -1.45. The third kappa shape index (κ3) is 4.71. The van der Waals surface area contributed by atoms with Crippen LogP contribution in [0.25, 0.3) is 0 Å². The molecule has 1 heterocycles. The van der Waals surface area contributed by atoms with Gasteiger partial charge in [0, 0.05) is 19.6 Å². The minimum Gasteiger partial charge on any atom is -0.497 e. The molecule has 1 aromatic carbocycles. The van der Waals surface area contributed by atoms with E-state index in [1.165, 1.54) is 25.9 Å². The maximum atomic E-state index is 9.47. The monoisotopic (exact) mass is 292 g/mol. The maximum Gasteiger partial charge on any atom is 0.488 e. The van der Waals surface area contributed by atoms with Gasteiger partial charge in [-0.3, -0.25) is 0 Å². The van der Waals surface area contributed by atoms with E-state index in [2.05, 4.69) is 16.8 Å². The van der Waals surface area contributed by atoms with Crippen molar-refractivity contribution in [1.29, 1.82) is 0 Å². The molecule has 21 heavy (non-hydrogen) atoms. The molecule has 0 bridgehead atoms. The largest absolute Gasteiger partial charge is 0.497 e. The van der Waals surface area contributed by atoms with Crippen LogP contribution in [0.5, 0.6) is 5.75 Å². The number of hydrogen-bond acceptors (Lipinski definition) is 5. The van der Waals surface area contributed by atoms with Gasteiger partial charge in [-0.2, -0.15) is 0 Å². The summed E-state index contributed by atoms with van der Waals surface area (Å²) in [4.78, 5) is 4.68. The first-order chi connectivity index (χ1) is 10.1. The number of methoxy groups -OCH3 is 1. The number of benzene rings is 1. The Balaban J connectivity index is 1.95. The Morgan fingerprint density at radius 1 is 1.29 bits per heavy atom. The molecule has 0 saturated carbocycles. The normalized spacial score (nSPS) is 15.7. The highest BCUT2D eigenvalue weighted by atomic mass is 16.5. The van der Waals surface area contributed by atoms with E-state index in [-0.39, 0.29) is 0 Å². The Kier molecular flexibility index (Phi) is 6.05. The summed E-state index contributed by atoms with van der Waals surface area (Å²) in [7, 11) is 2.23. The van der Waals surface area contributed by atoms with E-state index in [0.717, 1.165) is 24.4 Å². The van der Waals surface area contributed by atoms with Crippen LogP contribution in [0.4, 0.5) is 0 Å². The summed E-state index contributed by atoms with van der Waals surface area (Å²) in [6.07, 6.45) is 2.61. The van der Waals surface area contributed by atoms with E-state index in [1.54, 1.807) is 19.2 Å². The average Bonchev–Trinajstić information content (AvgIpc) is 2.98. The molecule has 0 spiro atoms. The summed E-state index contributed by atoms with van der Waals surface area (Å²) in [5.74, 6) is 0.738. The molecule has 1 fully saturated rings. The van der Waals surface area contributed by atoms with Crippen LogP contribution in [0, 0.1) is 0 Å². The number of hydrogen-bond donors (Lipinski definition) is 2. The molecule has 2 N–H and O–H groups in total. The quantitative estimate of drug-likeness (QED) is 0.688. The summed E-state index contributed by atoms with van der Waals surface area (Å²) in [5.41, 5.74) is 1.44. The van der Waals surface area contributed by atoms with Crippen LogP contribution in [0.3, 0.4) is 0 Å².